The van der Waals surface area contributed by atoms with E-state index in [1.165, 1.54) is 0 Å². The highest BCUT2D eigenvalue weighted by atomic mass is 32.1. The largest absolute Gasteiger partial charge is 0.242 e. The molecule has 82 valence electrons. The first kappa shape index (κ1) is 10.6. The van der Waals surface area contributed by atoms with Crippen LogP contribution in [0.15, 0.2) is 29.4 Å². The summed E-state index contributed by atoms with van der Waals surface area (Å²) in [4.78, 5) is 9.99. The third-order valence-corrected chi connectivity index (χ3v) is 2.42. The molecule has 0 aliphatic carbocycles. The molecule has 0 spiro atoms. The topological polar surface area (TPSA) is 75.9 Å². The molecule has 0 bridgehead atoms. The van der Waals surface area contributed by atoms with Crippen LogP contribution in [0.1, 0.15) is 5.56 Å². The van der Waals surface area contributed by atoms with Crippen LogP contribution in [0.2, 0.25) is 0 Å². The molecule has 1 aromatic carbocycles. The maximum absolute atomic E-state index is 9.99. The Labute approximate surface area is 96.3 Å². The van der Waals surface area contributed by atoms with Crippen molar-refractivity contribution in [2.24, 2.45) is 5.18 Å². The van der Waals surface area contributed by atoms with Crippen molar-refractivity contribution in [1.82, 2.24) is 20.2 Å². The summed E-state index contributed by atoms with van der Waals surface area (Å²) >= 11 is 4.97. The highest BCUT2D eigenvalue weighted by molar-refractivity contribution is 7.71. The Balaban J connectivity index is 2.23. The zero-order chi connectivity index (χ0) is 11.4. The minimum absolute atomic E-state index is 0.296. The Kier molecular flexibility index (Phi) is 3.16. The van der Waals surface area contributed by atoms with Crippen LogP contribution in [0, 0.1) is 9.68 Å². The Bertz CT molecular complexity index is 529. The number of rotatable bonds is 4. The van der Waals surface area contributed by atoms with Gasteiger partial charge in [0.15, 0.2) is 0 Å². The maximum Gasteiger partial charge on any atom is 0.242 e. The lowest BCUT2D eigenvalue weighted by atomic mass is 10.1. The average Bonchev–Trinajstić information content (AvgIpc) is 2.74. The van der Waals surface area contributed by atoms with Gasteiger partial charge in [-0.05, 0) is 36.3 Å². The van der Waals surface area contributed by atoms with E-state index in [1.807, 2.05) is 24.3 Å². The summed E-state index contributed by atoms with van der Waals surface area (Å²) in [5, 5.41) is 12.8. The Morgan fingerprint density at radius 3 is 2.69 bits per heavy atom. The van der Waals surface area contributed by atoms with Crippen LogP contribution in [0.5, 0.6) is 0 Å². The molecule has 0 aliphatic rings. The van der Waals surface area contributed by atoms with Crippen LogP contribution < -0.4 is 0 Å². The van der Waals surface area contributed by atoms with Crippen LogP contribution >= 0.6 is 12.2 Å². The van der Waals surface area contributed by atoms with Gasteiger partial charge >= 0.3 is 0 Å². The maximum atomic E-state index is 9.99. The van der Waals surface area contributed by atoms with Crippen molar-refractivity contribution in [3.8, 4) is 5.69 Å². The molecule has 2 rings (SSSR count). The standard InChI is InChI=1S/C9H9N5OS/c15-10-6-5-7-1-3-8(4-2-7)14-9(16)11-12-13-14/h1-4H,5-6H2,(H,11,13,16). The van der Waals surface area contributed by atoms with E-state index < -0.39 is 0 Å². The predicted octanol–water partition coefficient (Wildman–Crippen LogP) is 1.63. The lowest BCUT2D eigenvalue weighted by Crippen LogP contribution is -1.97. The quantitative estimate of drug-likeness (QED) is 0.645. The molecule has 1 heterocycles. The van der Waals surface area contributed by atoms with Crippen LogP contribution in [-0.2, 0) is 6.42 Å². The molecule has 1 aromatic heterocycles. The number of aromatic amines is 1. The van der Waals surface area contributed by atoms with Crippen LogP contribution in [0.3, 0.4) is 0 Å². The number of tetrazole rings is 1. The Morgan fingerprint density at radius 1 is 1.38 bits per heavy atom. The van der Waals surface area contributed by atoms with Gasteiger partial charge in [-0.3, -0.25) is 0 Å². The number of hydrogen-bond acceptors (Lipinski definition) is 5. The van der Waals surface area contributed by atoms with Gasteiger partial charge in [0.05, 0.1) is 12.2 Å². The first-order valence-electron chi connectivity index (χ1n) is 4.70. The fourth-order valence-corrected chi connectivity index (χ4v) is 1.54. The number of H-pyrrole nitrogens is 1. The molecule has 0 saturated heterocycles. The second-order valence-electron chi connectivity index (χ2n) is 3.19. The fourth-order valence-electron chi connectivity index (χ4n) is 1.35. The molecule has 0 unspecified atom stereocenters. The van der Waals surface area contributed by atoms with E-state index in [0.29, 0.717) is 17.7 Å². The Morgan fingerprint density at radius 2 is 2.12 bits per heavy atom. The van der Waals surface area contributed by atoms with E-state index in [2.05, 4.69) is 20.7 Å². The number of aromatic nitrogens is 4. The van der Waals surface area contributed by atoms with Crippen LogP contribution in [-0.4, -0.2) is 26.8 Å². The zero-order valence-electron chi connectivity index (χ0n) is 8.33. The van der Waals surface area contributed by atoms with E-state index in [-0.39, 0.29) is 0 Å². The molecule has 0 fully saturated rings. The molecule has 16 heavy (non-hydrogen) atoms. The van der Waals surface area contributed by atoms with E-state index in [4.69, 9.17) is 12.2 Å². The van der Waals surface area contributed by atoms with Gasteiger partial charge in [0, 0.05) is 0 Å². The first-order valence-corrected chi connectivity index (χ1v) is 5.10. The lowest BCUT2D eigenvalue weighted by Gasteiger charge is -2.02. The summed E-state index contributed by atoms with van der Waals surface area (Å²) in [6, 6.07) is 7.61. The molecule has 0 saturated carbocycles. The summed E-state index contributed by atoms with van der Waals surface area (Å²) in [6.07, 6.45) is 0.649. The first-order chi connectivity index (χ1) is 7.81. The third kappa shape index (κ3) is 2.19. The van der Waals surface area contributed by atoms with Crippen molar-refractivity contribution in [2.45, 2.75) is 6.42 Å². The van der Waals surface area contributed by atoms with E-state index >= 15 is 0 Å². The molecule has 0 amide bonds. The number of nitrogens with zero attached hydrogens (tertiary/aromatic N) is 4. The predicted molar refractivity (Wildman–Crippen MR) is 60.9 cm³/mol. The number of hydrogen-bond donors (Lipinski definition) is 1. The van der Waals surface area contributed by atoms with Crippen molar-refractivity contribution < 1.29 is 0 Å². The number of nitrogens with one attached hydrogen (secondary N) is 1. The van der Waals surface area contributed by atoms with Gasteiger partial charge in [-0.15, -0.1) is 0 Å². The van der Waals surface area contributed by atoms with Crippen molar-refractivity contribution in [2.75, 3.05) is 6.54 Å². The van der Waals surface area contributed by atoms with Gasteiger partial charge in [-0.25, -0.2) is 4.68 Å². The summed E-state index contributed by atoms with van der Waals surface area (Å²) in [5.41, 5.74) is 1.92. The van der Waals surface area contributed by atoms with Gasteiger partial charge in [-0.1, -0.05) is 27.6 Å². The van der Waals surface area contributed by atoms with Gasteiger partial charge in [0.1, 0.15) is 0 Å². The highest BCUT2D eigenvalue weighted by Gasteiger charge is 1.99. The summed E-state index contributed by atoms with van der Waals surface area (Å²) in [7, 11) is 0. The van der Waals surface area contributed by atoms with E-state index in [1.54, 1.807) is 4.68 Å². The Hall–Kier alpha value is -1.89. The van der Waals surface area contributed by atoms with E-state index in [0.717, 1.165) is 11.3 Å². The minimum Gasteiger partial charge on any atom is -0.210 e. The smallest absolute Gasteiger partial charge is 0.210 e. The number of benzene rings is 1. The van der Waals surface area contributed by atoms with Gasteiger partial charge < -0.3 is 0 Å². The molecule has 2 aromatic rings. The molecular weight excluding hydrogens is 226 g/mol. The van der Waals surface area contributed by atoms with Crippen molar-refractivity contribution >= 4 is 12.2 Å². The molecule has 0 atom stereocenters. The number of nitroso groups, excluding NO2 is 1. The summed E-state index contributed by atoms with van der Waals surface area (Å²) in [6.45, 7) is 0.296. The molecular formula is C9H9N5OS. The normalized spacial score (nSPS) is 10.2. The molecule has 1 N–H and O–H groups in total. The van der Waals surface area contributed by atoms with Gasteiger partial charge in [0.25, 0.3) is 0 Å². The van der Waals surface area contributed by atoms with Crippen molar-refractivity contribution in [3.63, 3.8) is 0 Å². The monoisotopic (exact) mass is 235 g/mol. The van der Waals surface area contributed by atoms with Crippen molar-refractivity contribution in [1.29, 1.82) is 0 Å². The van der Waals surface area contributed by atoms with Gasteiger partial charge in [-0.2, -0.15) is 10.1 Å². The fraction of sp³-hybridized carbons (Fsp3) is 0.222. The summed E-state index contributed by atoms with van der Waals surface area (Å²) in [5.74, 6) is 0. The summed E-state index contributed by atoms with van der Waals surface area (Å²) < 4.78 is 1.97. The second kappa shape index (κ2) is 4.75. The van der Waals surface area contributed by atoms with E-state index in [9.17, 15) is 4.91 Å². The second-order valence-corrected chi connectivity index (χ2v) is 3.55. The molecule has 7 heteroatoms. The highest BCUT2D eigenvalue weighted by Crippen LogP contribution is 2.08. The molecule has 0 radical (unpaired) electrons. The minimum atomic E-state index is 0.296. The van der Waals surface area contributed by atoms with Crippen molar-refractivity contribution in [3.05, 3.63) is 39.5 Å². The SMILES string of the molecule is O=NCCc1ccc(-n2[nH]nnc2=S)cc1. The molecule has 6 nitrogen and oxygen atoms in total. The van der Waals surface area contributed by atoms with Crippen LogP contribution in [0.25, 0.3) is 5.69 Å². The lowest BCUT2D eigenvalue weighted by molar-refractivity contribution is 0.785. The molecule has 0 aliphatic heterocycles. The zero-order valence-corrected chi connectivity index (χ0v) is 9.15. The third-order valence-electron chi connectivity index (χ3n) is 2.16. The average molecular weight is 235 g/mol. The van der Waals surface area contributed by atoms with Gasteiger partial charge in [0.2, 0.25) is 4.77 Å². The van der Waals surface area contributed by atoms with Crippen LogP contribution in [0.4, 0.5) is 0 Å².